The molecule has 134 valence electrons. The highest BCUT2D eigenvalue weighted by molar-refractivity contribution is 6.02. The van der Waals surface area contributed by atoms with Crippen molar-refractivity contribution in [2.75, 3.05) is 28.6 Å². The summed E-state index contributed by atoms with van der Waals surface area (Å²) < 4.78 is 2.18. The zero-order chi connectivity index (χ0) is 17.9. The lowest BCUT2D eigenvalue weighted by Crippen LogP contribution is -2.24. The summed E-state index contributed by atoms with van der Waals surface area (Å²) in [6, 6.07) is 11.5. The number of aryl methyl sites for hydroxylation is 1. The summed E-state index contributed by atoms with van der Waals surface area (Å²) in [5.74, 6) is 0.843. The number of urea groups is 1. The lowest BCUT2D eigenvalue weighted by Gasteiger charge is -2.20. The van der Waals surface area contributed by atoms with Crippen LogP contribution in [0.15, 0.2) is 48.8 Å². The van der Waals surface area contributed by atoms with Gasteiger partial charge in [0.2, 0.25) is 0 Å². The molecule has 26 heavy (non-hydrogen) atoms. The molecule has 0 spiro atoms. The zero-order valence-corrected chi connectivity index (χ0v) is 14.9. The number of carbonyl (C=O) groups excluding carboxylic acids is 1. The standard InChI is InChI=1S/C20H23N5O/c1-2-24-13-9-15-14-16(7-8-18(15)24)22-20(26)23-17-6-5-10-21-19(17)25-11-3-4-12-25/h5-10,13-14H,2-4,11-12H2,1H3,(H2,22,23,26). The molecule has 0 bridgehead atoms. The predicted octanol–water partition coefficient (Wildman–Crippen LogP) is 4.30. The molecular weight excluding hydrogens is 326 g/mol. The van der Waals surface area contributed by atoms with E-state index < -0.39 is 0 Å². The van der Waals surface area contributed by atoms with E-state index in [0.717, 1.165) is 42.2 Å². The van der Waals surface area contributed by atoms with Crippen molar-refractivity contribution >= 4 is 34.1 Å². The van der Waals surface area contributed by atoms with Crippen LogP contribution in [0.4, 0.5) is 22.0 Å². The number of amides is 2. The van der Waals surface area contributed by atoms with Gasteiger partial charge in [-0.25, -0.2) is 9.78 Å². The Morgan fingerprint density at radius 1 is 1.15 bits per heavy atom. The Morgan fingerprint density at radius 3 is 2.81 bits per heavy atom. The first-order valence-corrected chi connectivity index (χ1v) is 9.11. The van der Waals surface area contributed by atoms with Crippen molar-refractivity contribution in [3.05, 3.63) is 48.8 Å². The van der Waals surface area contributed by atoms with Gasteiger partial charge in [0.05, 0.1) is 5.69 Å². The van der Waals surface area contributed by atoms with Crippen LogP contribution in [0.3, 0.4) is 0 Å². The number of pyridine rings is 1. The van der Waals surface area contributed by atoms with Gasteiger partial charge >= 0.3 is 6.03 Å². The number of fused-ring (bicyclic) bond motifs is 1. The molecule has 1 saturated heterocycles. The second-order valence-corrected chi connectivity index (χ2v) is 6.52. The smallest absolute Gasteiger partial charge is 0.323 e. The predicted molar refractivity (Wildman–Crippen MR) is 106 cm³/mol. The van der Waals surface area contributed by atoms with Crippen LogP contribution in [0.1, 0.15) is 19.8 Å². The quantitative estimate of drug-likeness (QED) is 0.738. The second kappa shape index (κ2) is 7.07. The Labute approximate surface area is 152 Å². The molecule has 2 N–H and O–H groups in total. The number of rotatable bonds is 4. The summed E-state index contributed by atoms with van der Waals surface area (Å²) in [4.78, 5) is 19.1. The minimum Gasteiger partial charge on any atom is -0.355 e. The van der Waals surface area contributed by atoms with Crippen LogP contribution in [0.25, 0.3) is 10.9 Å². The number of carbonyl (C=O) groups is 1. The highest BCUT2D eigenvalue weighted by Crippen LogP contribution is 2.26. The Kier molecular flexibility index (Phi) is 4.48. The van der Waals surface area contributed by atoms with E-state index in [1.165, 1.54) is 18.4 Å². The molecule has 6 heteroatoms. The van der Waals surface area contributed by atoms with Gasteiger partial charge in [-0.15, -0.1) is 0 Å². The summed E-state index contributed by atoms with van der Waals surface area (Å²) in [6.45, 7) is 5.01. The molecule has 1 aliphatic heterocycles. The lowest BCUT2D eigenvalue weighted by atomic mass is 10.2. The molecule has 0 unspecified atom stereocenters. The fraction of sp³-hybridized carbons (Fsp3) is 0.300. The van der Waals surface area contributed by atoms with E-state index in [2.05, 4.69) is 44.3 Å². The molecule has 1 aromatic carbocycles. The number of aromatic nitrogens is 2. The maximum atomic E-state index is 12.5. The molecule has 0 radical (unpaired) electrons. The summed E-state index contributed by atoms with van der Waals surface area (Å²) in [5, 5.41) is 6.98. The molecule has 2 amide bonds. The van der Waals surface area contributed by atoms with Crippen molar-refractivity contribution in [3.63, 3.8) is 0 Å². The highest BCUT2D eigenvalue weighted by atomic mass is 16.2. The average Bonchev–Trinajstić information content (AvgIpc) is 3.31. The van der Waals surface area contributed by atoms with Crippen LogP contribution in [-0.2, 0) is 6.54 Å². The Hall–Kier alpha value is -3.02. The van der Waals surface area contributed by atoms with Crippen LogP contribution in [-0.4, -0.2) is 28.7 Å². The van der Waals surface area contributed by atoms with E-state index in [1.54, 1.807) is 6.20 Å². The lowest BCUT2D eigenvalue weighted by molar-refractivity contribution is 0.262. The van der Waals surface area contributed by atoms with E-state index in [0.29, 0.717) is 0 Å². The molecule has 2 aromatic heterocycles. The maximum absolute atomic E-state index is 12.5. The maximum Gasteiger partial charge on any atom is 0.323 e. The van der Waals surface area contributed by atoms with Crippen molar-refractivity contribution in [1.82, 2.24) is 9.55 Å². The minimum absolute atomic E-state index is 0.257. The van der Waals surface area contributed by atoms with Crippen LogP contribution in [0.2, 0.25) is 0 Å². The van der Waals surface area contributed by atoms with Crippen molar-refractivity contribution in [1.29, 1.82) is 0 Å². The molecule has 1 fully saturated rings. The first-order valence-electron chi connectivity index (χ1n) is 9.11. The van der Waals surface area contributed by atoms with Crippen LogP contribution in [0.5, 0.6) is 0 Å². The molecule has 6 nitrogen and oxygen atoms in total. The largest absolute Gasteiger partial charge is 0.355 e. The van der Waals surface area contributed by atoms with E-state index in [4.69, 9.17) is 0 Å². The number of hydrogen-bond donors (Lipinski definition) is 2. The molecule has 0 saturated carbocycles. The zero-order valence-electron chi connectivity index (χ0n) is 14.9. The van der Waals surface area contributed by atoms with Crippen molar-refractivity contribution in [3.8, 4) is 0 Å². The van der Waals surface area contributed by atoms with Gasteiger partial charge in [-0.2, -0.15) is 0 Å². The molecule has 3 heterocycles. The van der Waals surface area contributed by atoms with E-state index in [-0.39, 0.29) is 6.03 Å². The fourth-order valence-electron chi connectivity index (χ4n) is 3.51. The molecule has 0 atom stereocenters. The van der Waals surface area contributed by atoms with Crippen molar-refractivity contribution < 1.29 is 4.79 Å². The van der Waals surface area contributed by atoms with Gasteiger partial charge in [-0.1, -0.05) is 0 Å². The summed E-state index contributed by atoms with van der Waals surface area (Å²) in [7, 11) is 0. The third-order valence-electron chi connectivity index (χ3n) is 4.81. The number of nitrogens with zero attached hydrogens (tertiary/aromatic N) is 3. The first-order chi connectivity index (χ1) is 12.7. The second-order valence-electron chi connectivity index (χ2n) is 6.52. The van der Waals surface area contributed by atoms with Crippen molar-refractivity contribution in [2.45, 2.75) is 26.3 Å². The summed E-state index contributed by atoms with van der Waals surface area (Å²) in [5.41, 5.74) is 2.68. The topological polar surface area (TPSA) is 62.2 Å². The van der Waals surface area contributed by atoms with Gasteiger partial charge in [0.15, 0.2) is 5.82 Å². The molecular formula is C20H23N5O. The first kappa shape index (κ1) is 16.4. The number of nitrogens with one attached hydrogen (secondary N) is 2. The molecule has 4 rings (SSSR count). The third kappa shape index (κ3) is 3.22. The van der Waals surface area contributed by atoms with Crippen LogP contribution >= 0.6 is 0 Å². The number of anilines is 3. The van der Waals surface area contributed by atoms with E-state index in [1.807, 2.05) is 30.3 Å². The van der Waals surface area contributed by atoms with Crippen molar-refractivity contribution in [2.24, 2.45) is 0 Å². The van der Waals surface area contributed by atoms with Gasteiger partial charge in [-0.3, -0.25) is 0 Å². The monoisotopic (exact) mass is 349 g/mol. The number of hydrogen-bond acceptors (Lipinski definition) is 3. The van der Waals surface area contributed by atoms with E-state index in [9.17, 15) is 4.79 Å². The van der Waals surface area contributed by atoms with E-state index >= 15 is 0 Å². The summed E-state index contributed by atoms with van der Waals surface area (Å²) in [6.07, 6.45) is 6.16. The normalized spacial score (nSPS) is 14.0. The minimum atomic E-state index is -0.257. The SMILES string of the molecule is CCn1ccc2cc(NC(=O)Nc3cccnc3N3CCCC3)ccc21. The van der Waals surface area contributed by atoms with Crippen LogP contribution in [0, 0.1) is 0 Å². The molecule has 1 aliphatic rings. The highest BCUT2D eigenvalue weighted by Gasteiger charge is 2.18. The van der Waals surface area contributed by atoms with Crippen LogP contribution < -0.4 is 15.5 Å². The van der Waals surface area contributed by atoms with Gasteiger partial charge in [-0.05, 0) is 56.2 Å². The third-order valence-corrected chi connectivity index (χ3v) is 4.81. The average molecular weight is 349 g/mol. The number of benzene rings is 1. The van der Waals surface area contributed by atoms with Gasteiger partial charge in [0.1, 0.15) is 0 Å². The Bertz CT molecular complexity index is 927. The molecule has 3 aromatic rings. The van der Waals surface area contributed by atoms with Gasteiger partial charge in [0.25, 0.3) is 0 Å². The Morgan fingerprint density at radius 2 is 2.00 bits per heavy atom. The summed E-state index contributed by atoms with van der Waals surface area (Å²) >= 11 is 0. The van der Waals surface area contributed by atoms with Gasteiger partial charge < -0.3 is 20.1 Å². The van der Waals surface area contributed by atoms with Gasteiger partial charge in [0, 0.05) is 48.6 Å². The Balaban J connectivity index is 1.49. The fourth-order valence-corrected chi connectivity index (χ4v) is 3.51. The molecule has 0 aliphatic carbocycles.